The molecule has 1 amide bonds. The fourth-order valence-electron chi connectivity index (χ4n) is 3.37. The van der Waals surface area contributed by atoms with Gasteiger partial charge in [-0.2, -0.15) is 0 Å². The van der Waals surface area contributed by atoms with E-state index < -0.39 is 0 Å². The maximum atomic E-state index is 12.6. The summed E-state index contributed by atoms with van der Waals surface area (Å²) in [6.45, 7) is 6.37. The molecule has 1 saturated carbocycles. The van der Waals surface area contributed by atoms with Gasteiger partial charge in [-0.25, -0.2) is 0 Å². The summed E-state index contributed by atoms with van der Waals surface area (Å²) in [6, 6.07) is 5.74. The van der Waals surface area contributed by atoms with E-state index in [0.29, 0.717) is 10.3 Å². The molecule has 2 N–H and O–H groups in total. The second kappa shape index (κ2) is 7.64. The van der Waals surface area contributed by atoms with Gasteiger partial charge in [-0.3, -0.25) is 4.79 Å². The Balaban J connectivity index is 0.00000192. The minimum atomic E-state index is 0. The Morgan fingerprint density at radius 1 is 1.39 bits per heavy atom. The van der Waals surface area contributed by atoms with Gasteiger partial charge < -0.3 is 10.6 Å². The van der Waals surface area contributed by atoms with E-state index >= 15 is 0 Å². The van der Waals surface area contributed by atoms with Crippen molar-refractivity contribution < 1.29 is 4.79 Å². The highest BCUT2D eigenvalue weighted by Crippen LogP contribution is 2.58. The Morgan fingerprint density at radius 3 is 2.74 bits per heavy atom. The van der Waals surface area contributed by atoms with Gasteiger partial charge >= 0.3 is 0 Å². The highest BCUT2D eigenvalue weighted by molar-refractivity contribution is 8.00. The summed E-state index contributed by atoms with van der Waals surface area (Å²) >= 11 is 7.86. The summed E-state index contributed by atoms with van der Waals surface area (Å²) in [5.41, 5.74) is 1.12. The van der Waals surface area contributed by atoms with Crippen LogP contribution in [0.2, 0.25) is 5.02 Å². The Hall–Kier alpha value is -0.420. The first-order chi connectivity index (χ1) is 10.5. The highest BCUT2D eigenvalue weighted by atomic mass is 35.5. The zero-order valence-corrected chi connectivity index (χ0v) is 15.9. The number of piperidine rings is 1. The molecule has 1 spiro atoms. The molecule has 2 fully saturated rings. The van der Waals surface area contributed by atoms with E-state index in [0.717, 1.165) is 42.9 Å². The average Bonchev–Trinajstić information content (AvgIpc) is 3.16. The summed E-state index contributed by atoms with van der Waals surface area (Å²) in [6.07, 6.45) is 3.27. The van der Waals surface area contributed by atoms with Crippen molar-refractivity contribution >= 4 is 47.4 Å². The van der Waals surface area contributed by atoms with Gasteiger partial charge in [-0.1, -0.05) is 25.4 Å². The van der Waals surface area contributed by atoms with Crippen LogP contribution in [0.5, 0.6) is 0 Å². The second-order valence-corrected chi connectivity index (χ2v) is 8.72. The molecule has 1 aliphatic heterocycles. The molecule has 1 unspecified atom stereocenters. The lowest BCUT2D eigenvalue weighted by Gasteiger charge is -2.23. The van der Waals surface area contributed by atoms with Gasteiger partial charge in [0.15, 0.2) is 0 Å². The number of hydrogen-bond donors (Lipinski definition) is 2. The van der Waals surface area contributed by atoms with E-state index in [1.807, 2.05) is 18.2 Å². The number of halogens is 2. The number of anilines is 1. The predicted octanol–water partition coefficient (Wildman–Crippen LogP) is 4.59. The maximum Gasteiger partial charge on any atom is 0.228 e. The Bertz CT molecular complexity index is 574. The smallest absolute Gasteiger partial charge is 0.228 e. The molecule has 1 aromatic carbocycles. The molecule has 3 nitrogen and oxygen atoms in total. The average molecular weight is 375 g/mol. The van der Waals surface area contributed by atoms with Crippen LogP contribution in [0.1, 0.15) is 33.1 Å². The van der Waals surface area contributed by atoms with Gasteiger partial charge in [0.2, 0.25) is 5.91 Å². The minimum absolute atomic E-state index is 0. The molecule has 0 bridgehead atoms. The number of rotatable bonds is 4. The molecule has 1 saturated heterocycles. The van der Waals surface area contributed by atoms with Crippen molar-refractivity contribution in [2.75, 3.05) is 18.4 Å². The topological polar surface area (TPSA) is 41.1 Å². The van der Waals surface area contributed by atoms with Crippen LogP contribution < -0.4 is 10.6 Å². The number of benzene rings is 1. The maximum absolute atomic E-state index is 12.6. The van der Waals surface area contributed by atoms with Gasteiger partial charge in [0, 0.05) is 21.1 Å². The van der Waals surface area contributed by atoms with Crippen LogP contribution in [0.3, 0.4) is 0 Å². The van der Waals surface area contributed by atoms with Gasteiger partial charge in [-0.05, 0) is 56.0 Å². The number of nitrogens with one attached hydrogen (secondary N) is 2. The molecule has 1 aliphatic carbocycles. The molecular formula is C17H24Cl2N2OS. The molecule has 0 aromatic heterocycles. The van der Waals surface area contributed by atoms with Crippen LogP contribution >= 0.6 is 35.8 Å². The van der Waals surface area contributed by atoms with Crippen LogP contribution in [0.4, 0.5) is 5.69 Å². The Kier molecular flexibility index (Phi) is 6.28. The Labute approximate surface area is 153 Å². The van der Waals surface area contributed by atoms with E-state index in [-0.39, 0.29) is 29.6 Å². The second-order valence-electron chi connectivity index (χ2n) is 6.67. The summed E-state index contributed by atoms with van der Waals surface area (Å²) in [7, 11) is 0. The van der Waals surface area contributed by atoms with Crippen LogP contribution in [-0.2, 0) is 4.79 Å². The number of thioether (sulfide) groups is 1. The van der Waals surface area contributed by atoms with Crippen molar-refractivity contribution in [2.45, 2.75) is 43.3 Å². The van der Waals surface area contributed by atoms with E-state index in [4.69, 9.17) is 11.6 Å². The van der Waals surface area contributed by atoms with Crippen molar-refractivity contribution in [1.29, 1.82) is 0 Å². The monoisotopic (exact) mass is 374 g/mol. The van der Waals surface area contributed by atoms with Crippen molar-refractivity contribution in [3.8, 4) is 0 Å². The SMILES string of the molecule is CC(C)Sc1ccc(Cl)cc1NC(=O)C1CC12CCNCC2.Cl. The van der Waals surface area contributed by atoms with Crippen LogP contribution in [-0.4, -0.2) is 24.2 Å². The van der Waals surface area contributed by atoms with Crippen molar-refractivity contribution in [1.82, 2.24) is 5.32 Å². The standard InChI is InChI=1S/C17H23ClN2OS.ClH/c1-11(2)22-15-4-3-12(18)9-14(15)20-16(21)13-10-17(13)5-7-19-8-6-17;/h3-4,9,11,13,19H,5-8,10H2,1-2H3,(H,20,21);1H. The first-order valence-electron chi connectivity index (χ1n) is 7.98. The van der Waals surface area contributed by atoms with Crippen molar-refractivity contribution in [3.05, 3.63) is 23.2 Å². The van der Waals surface area contributed by atoms with Crippen LogP contribution in [0, 0.1) is 11.3 Å². The van der Waals surface area contributed by atoms with Gasteiger partial charge in [0.1, 0.15) is 0 Å². The van der Waals surface area contributed by atoms with Crippen molar-refractivity contribution in [3.63, 3.8) is 0 Å². The molecule has 2 aliphatic rings. The number of hydrogen-bond acceptors (Lipinski definition) is 3. The molecule has 128 valence electrons. The van der Waals surface area contributed by atoms with Crippen LogP contribution in [0.15, 0.2) is 23.1 Å². The largest absolute Gasteiger partial charge is 0.325 e. The number of carbonyl (C=O) groups is 1. The normalized spacial score (nSPS) is 21.8. The summed E-state index contributed by atoms with van der Waals surface area (Å²) in [4.78, 5) is 13.7. The zero-order chi connectivity index (χ0) is 15.7. The molecule has 23 heavy (non-hydrogen) atoms. The quantitative estimate of drug-likeness (QED) is 0.757. The number of carbonyl (C=O) groups excluding carboxylic acids is 1. The third kappa shape index (κ3) is 4.36. The highest BCUT2D eigenvalue weighted by Gasteiger charge is 2.57. The number of amides is 1. The lowest BCUT2D eigenvalue weighted by molar-refractivity contribution is -0.118. The van der Waals surface area contributed by atoms with E-state index in [1.165, 1.54) is 0 Å². The lowest BCUT2D eigenvalue weighted by atomic mass is 9.92. The van der Waals surface area contributed by atoms with Crippen molar-refractivity contribution in [2.24, 2.45) is 11.3 Å². The fourth-order valence-corrected chi connectivity index (χ4v) is 4.44. The molecule has 6 heteroatoms. The summed E-state index contributed by atoms with van der Waals surface area (Å²) in [5, 5.41) is 7.63. The predicted molar refractivity (Wildman–Crippen MR) is 101 cm³/mol. The minimum Gasteiger partial charge on any atom is -0.325 e. The molecule has 3 rings (SSSR count). The van der Waals surface area contributed by atoms with E-state index in [2.05, 4.69) is 24.5 Å². The third-order valence-corrected chi connectivity index (χ3v) is 5.98. The lowest BCUT2D eigenvalue weighted by Crippen LogP contribution is -2.31. The first kappa shape index (κ1) is 18.9. The Morgan fingerprint density at radius 2 is 2.09 bits per heavy atom. The molecular weight excluding hydrogens is 351 g/mol. The zero-order valence-electron chi connectivity index (χ0n) is 13.5. The molecule has 0 radical (unpaired) electrons. The first-order valence-corrected chi connectivity index (χ1v) is 9.24. The summed E-state index contributed by atoms with van der Waals surface area (Å²) in [5.74, 6) is 0.334. The molecule has 1 atom stereocenters. The third-order valence-electron chi connectivity index (χ3n) is 4.67. The molecule has 1 heterocycles. The fraction of sp³-hybridized carbons (Fsp3) is 0.588. The van der Waals surface area contributed by atoms with Gasteiger partial charge in [0.05, 0.1) is 5.69 Å². The van der Waals surface area contributed by atoms with E-state index in [9.17, 15) is 4.79 Å². The van der Waals surface area contributed by atoms with Gasteiger partial charge in [-0.15, -0.1) is 24.2 Å². The van der Waals surface area contributed by atoms with Gasteiger partial charge in [0.25, 0.3) is 0 Å². The molecule has 1 aromatic rings. The summed E-state index contributed by atoms with van der Waals surface area (Å²) < 4.78 is 0. The van der Waals surface area contributed by atoms with Crippen LogP contribution in [0.25, 0.3) is 0 Å². The van der Waals surface area contributed by atoms with E-state index in [1.54, 1.807) is 11.8 Å².